The largest absolute Gasteiger partial charge is 0.504 e. The van der Waals surface area contributed by atoms with Gasteiger partial charge in [0.05, 0.1) is 13.7 Å². The van der Waals surface area contributed by atoms with Gasteiger partial charge in [-0.15, -0.1) is 0 Å². The molecule has 0 amide bonds. The highest BCUT2D eigenvalue weighted by Gasteiger charge is 2.10. The van der Waals surface area contributed by atoms with Crippen LogP contribution in [0.15, 0.2) is 16.6 Å². The van der Waals surface area contributed by atoms with Crippen molar-refractivity contribution in [1.82, 2.24) is 0 Å². The number of halogens is 1. The van der Waals surface area contributed by atoms with Gasteiger partial charge in [-0.05, 0) is 12.1 Å². The van der Waals surface area contributed by atoms with Crippen LogP contribution < -0.4 is 4.74 Å². The zero-order valence-corrected chi connectivity index (χ0v) is 8.13. The van der Waals surface area contributed by atoms with E-state index < -0.39 is 0 Å². The summed E-state index contributed by atoms with van der Waals surface area (Å²) in [5.41, 5.74) is 0.553. The summed E-state index contributed by atoms with van der Waals surface area (Å²) in [6.45, 7) is -0.168. The first-order valence-corrected chi connectivity index (χ1v) is 4.15. The second-order valence-electron chi connectivity index (χ2n) is 2.24. The monoisotopic (exact) mass is 232 g/mol. The number of hydrogen-bond acceptors (Lipinski definition) is 3. The van der Waals surface area contributed by atoms with E-state index in [1.807, 2.05) is 0 Å². The van der Waals surface area contributed by atoms with Crippen LogP contribution in [-0.4, -0.2) is 17.3 Å². The van der Waals surface area contributed by atoms with E-state index >= 15 is 0 Å². The molecule has 1 aromatic carbocycles. The molecule has 0 aliphatic carbocycles. The predicted octanol–water partition coefficient (Wildman–Crippen LogP) is 1.66. The highest BCUT2D eigenvalue weighted by atomic mass is 79.9. The Hall–Kier alpha value is -0.740. The SMILES string of the molecule is COc1c(O)ccc(Br)c1CO. The van der Waals surface area contributed by atoms with Crippen molar-refractivity contribution in [2.75, 3.05) is 7.11 Å². The molecule has 1 rings (SSSR count). The maximum atomic E-state index is 9.29. The number of hydrogen-bond donors (Lipinski definition) is 2. The number of ether oxygens (including phenoxy) is 1. The number of phenolic OH excluding ortho intramolecular Hbond substituents is 1. The fraction of sp³-hybridized carbons (Fsp3) is 0.250. The van der Waals surface area contributed by atoms with E-state index in [0.717, 1.165) is 4.47 Å². The van der Waals surface area contributed by atoms with Gasteiger partial charge in [0.1, 0.15) is 0 Å². The van der Waals surface area contributed by atoms with Gasteiger partial charge in [-0.25, -0.2) is 0 Å². The maximum Gasteiger partial charge on any atom is 0.167 e. The normalized spacial score (nSPS) is 9.92. The molecule has 3 nitrogen and oxygen atoms in total. The van der Waals surface area contributed by atoms with Gasteiger partial charge in [-0.2, -0.15) is 0 Å². The molecular formula is C8H9BrO3. The maximum absolute atomic E-state index is 9.29. The van der Waals surface area contributed by atoms with Crippen molar-refractivity contribution in [2.24, 2.45) is 0 Å². The van der Waals surface area contributed by atoms with E-state index in [1.165, 1.54) is 13.2 Å². The number of methoxy groups -OCH3 is 1. The summed E-state index contributed by atoms with van der Waals surface area (Å²) in [7, 11) is 1.45. The molecule has 0 atom stereocenters. The fourth-order valence-corrected chi connectivity index (χ4v) is 1.40. The Bertz CT molecular complexity index is 257. The van der Waals surface area contributed by atoms with Gasteiger partial charge < -0.3 is 14.9 Å². The summed E-state index contributed by atoms with van der Waals surface area (Å²) in [5.74, 6) is 0.344. The Balaban J connectivity index is 3.28. The smallest absolute Gasteiger partial charge is 0.167 e. The van der Waals surface area contributed by atoms with E-state index in [9.17, 15) is 5.11 Å². The van der Waals surface area contributed by atoms with Crippen LogP contribution in [0.4, 0.5) is 0 Å². The zero-order chi connectivity index (χ0) is 9.14. The quantitative estimate of drug-likeness (QED) is 0.816. The van der Waals surface area contributed by atoms with Crippen molar-refractivity contribution in [3.8, 4) is 11.5 Å². The summed E-state index contributed by atoms with van der Waals surface area (Å²) >= 11 is 3.23. The van der Waals surface area contributed by atoms with Crippen LogP contribution in [0.1, 0.15) is 5.56 Å². The lowest BCUT2D eigenvalue weighted by atomic mass is 10.2. The molecule has 0 heterocycles. The fourth-order valence-electron chi connectivity index (χ4n) is 0.967. The van der Waals surface area contributed by atoms with Gasteiger partial charge in [0.25, 0.3) is 0 Å². The topological polar surface area (TPSA) is 49.7 Å². The van der Waals surface area contributed by atoms with Crippen molar-refractivity contribution < 1.29 is 14.9 Å². The molecule has 0 fully saturated rings. The van der Waals surface area contributed by atoms with Crippen molar-refractivity contribution in [3.63, 3.8) is 0 Å². The van der Waals surface area contributed by atoms with Crippen LogP contribution in [0.5, 0.6) is 11.5 Å². The molecule has 0 aliphatic heterocycles. The van der Waals surface area contributed by atoms with Crippen molar-refractivity contribution in [3.05, 3.63) is 22.2 Å². The van der Waals surface area contributed by atoms with Crippen LogP contribution in [0, 0.1) is 0 Å². The Morgan fingerprint density at radius 3 is 2.58 bits per heavy atom. The molecule has 66 valence electrons. The molecule has 0 radical (unpaired) electrons. The van der Waals surface area contributed by atoms with Crippen LogP contribution in [0.2, 0.25) is 0 Å². The third kappa shape index (κ3) is 1.54. The van der Waals surface area contributed by atoms with Crippen LogP contribution in [0.3, 0.4) is 0 Å². The number of rotatable bonds is 2. The van der Waals surface area contributed by atoms with Gasteiger partial charge in [-0.1, -0.05) is 15.9 Å². The van der Waals surface area contributed by atoms with Crippen molar-refractivity contribution in [1.29, 1.82) is 0 Å². The third-order valence-electron chi connectivity index (χ3n) is 1.54. The van der Waals surface area contributed by atoms with Gasteiger partial charge in [0, 0.05) is 10.0 Å². The molecular weight excluding hydrogens is 224 g/mol. The minimum Gasteiger partial charge on any atom is -0.504 e. The van der Waals surface area contributed by atoms with E-state index in [1.54, 1.807) is 6.07 Å². The van der Waals surface area contributed by atoms with Gasteiger partial charge in [-0.3, -0.25) is 0 Å². The number of aliphatic hydroxyl groups excluding tert-OH is 1. The van der Waals surface area contributed by atoms with Crippen LogP contribution in [0.25, 0.3) is 0 Å². The average Bonchev–Trinajstić information content (AvgIpc) is 2.08. The molecule has 0 aromatic heterocycles. The molecule has 0 bridgehead atoms. The molecule has 0 unspecified atom stereocenters. The number of phenols is 1. The molecule has 0 saturated carbocycles. The van der Waals surface area contributed by atoms with Gasteiger partial charge in [0.15, 0.2) is 11.5 Å². The molecule has 0 spiro atoms. The summed E-state index contributed by atoms with van der Waals surface area (Å²) in [6, 6.07) is 3.16. The minimum atomic E-state index is -0.168. The van der Waals surface area contributed by atoms with Gasteiger partial charge >= 0.3 is 0 Å². The van der Waals surface area contributed by atoms with Crippen molar-refractivity contribution in [2.45, 2.75) is 6.61 Å². The lowest BCUT2D eigenvalue weighted by molar-refractivity contribution is 0.270. The third-order valence-corrected chi connectivity index (χ3v) is 2.29. The Labute approximate surface area is 78.7 Å². The van der Waals surface area contributed by atoms with Crippen molar-refractivity contribution >= 4 is 15.9 Å². The molecule has 0 saturated heterocycles. The standard InChI is InChI=1S/C8H9BrO3/c1-12-8-5(4-10)6(9)2-3-7(8)11/h2-3,10-11H,4H2,1H3. The second kappa shape index (κ2) is 3.78. The summed E-state index contributed by atoms with van der Waals surface area (Å²) < 4.78 is 5.63. The lowest BCUT2D eigenvalue weighted by Gasteiger charge is -2.09. The molecule has 4 heteroatoms. The number of aliphatic hydroxyl groups is 1. The highest BCUT2D eigenvalue weighted by Crippen LogP contribution is 2.34. The highest BCUT2D eigenvalue weighted by molar-refractivity contribution is 9.10. The molecule has 2 N–H and O–H groups in total. The first-order valence-electron chi connectivity index (χ1n) is 3.36. The Kier molecular flexibility index (Phi) is 2.94. The second-order valence-corrected chi connectivity index (χ2v) is 3.09. The first-order chi connectivity index (χ1) is 5.70. The zero-order valence-electron chi connectivity index (χ0n) is 6.54. The molecule has 0 aliphatic rings. The lowest BCUT2D eigenvalue weighted by Crippen LogP contribution is -1.93. The van der Waals surface area contributed by atoms with E-state index in [2.05, 4.69) is 15.9 Å². The average molecular weight is 233 g/mol. The summed E-state index contributed by atoms with van der Waals surface area (Å²) in [5, 5.41) is 18.2. The predicted molar refractivity (Wildman–Crippen MR) is 48.3 cm³/mol. The van der Waals surface area contributed by atoms with E-state index in [-0.39, 0.29) is 12.4 Å². The number of benzene rings is 1. The van der Waals surface area contributed by atoms with E-state index in [4.69, 9.17) is 9.84 Å². The van der Waals surface area contributed by atoms with E-state index in [0.29, 0.717) is 11.3 Å². The minimum absolute atomic E-state index is 0.0322. The van der Waals surface area contributed by atoms with Gasteiger partial charge in [0.2, 0.25) is 0 Å². The number of aromatic hydroxyl groups is 1. The van der Waals surface area contributed by atoms with Crippen LogP contribution >= 0.6 is 15.9 Å². The summed E-state index contributed by atoms with van der Waals surface area (Å²) in [4.78, 5) is 0. The van der Waals surface area contributed by atoms with Crippen LogP contribution in [-0.2, 0) is 6.61 Å². The molecule has 12 heavy (non-hydrogen) atoms. The summed E-state index contributed by atoms with van der Waals surface area (Å²) in [6.07, 6.45) is 0. The molecule has 1 aromatic rings. The first kappa shape index (κ1) is 9.35. The Morgan fingerprint density at radius 1 is 1.50 bits per heavy atom. The Morgan fingerprint density at radius 2 is 2.17 bits per heavy atom.